The quantitative estimate of drug-likeness (QED) is 0.634. The number of hydrogen-bond acceptors (Lipinski definition) is 4. The smallest absolute Gasteiger partial charge is 0.220 e. The molecule has 3 aromatic rings. The first-order chi connectivity index (χ1) is 14.9. The van der Waals surface area contributed by atoms with E-state index in [2.05, 4.69) is 46.5 Å². The number of amides is 1. The number of nitrogens with zero attached hydrogens (tertiary/aromatic N) is 4. The lowest BCUT2D eigenvalue weighted by Crippen LogP contribution is -2.25. The minimum atomic E-state index is 0.0813. The van der Waals surface area contributed by atoms with E-state index in [0.717, 1.165) is 34.5 Å². The molecule has 0 spiro atoms. The molecule has 0 radical (unpaired) electrons. The first-order valence-corrected chi connectivity index (χ1v) is 11.3. The summed E-state index contributed by atoms with van der Waals surface area (Å²) in [6, 6.07) is 8.46. The third-order valence-electron chi connectivity index (χ3n) is 6.52. The molecule has 0 bridgehead atoms. The van der Waals surface area contributed by atoms with Gasteiger partial charge in [-0.25, -0.2) is 4.98 Å². The summed E-state index contributed by atoms with van der Waals surface area (Å²) in [4.78, 5) is 19.9. The molecule has 2 aromatic heterocycles. The molecule has 1 aromatic carbocycles. The van der Waals surface area contributed by atoms with Gasteiger partial charge in [0.1, 0.15) is 0 Å². The molecule has 0 atom stereocenters. The fourth-order valence-electron chi connectivity index (χ4n) is 4.82. The first-order valence-electron chi connectivity index (χ1n) is 11.3. The van der Waals surface area contributed by atoms with Crippen LogP contribution in [-0.2, 0) is 31.4 Å². The van der Waals surface area contributed by atoms with Crippen molar-refractivity contribution in [2.45, 2.75) is 59.5 Å². The van der Waals surface area contributed by atoms with Gasteiger partial charge < -0.3 is 5.32 Å². The van der Waals surface area contributed by atoms with Crippen molar-refractivity contribution in [2.24, 2.45) is 7.05 Å². The molecule has 1 saturated heterocycles. The monoisotopic (exact) mass is 419 g/mol. The van der Waals surface area contributed by atoms with E-state index in [0.29, 0.717) is 19.4 Å². The van der Waals surface area contributed by atoms with Crippen LogP contribution in [0.25, 0.3) is 11.0 Å². The summed E-state index contributed by atoms with van der Waals surface area (Å²) >= 11 is 0. The average molecular weight is 420 g/mol. The third-order valence-corrected chi connectivity index (χ3v) is 6.52. The summed E-state index contributed by atoms with van der Waals surface area (Å²) in [5.41, 5.74) is 7.77. The molecule has 0 saturated carbocycles. The Balaban J connectivity index is 1.39. The Morgan fingerprint density at radius 3 is 2.52 bits per heavy atom. The lowest BCUT2D eigenvalue weighted by atomic mass is 9.99. The van der Waals surface area contributed by atoms with Gasteiger partial charge in [0.05, 0.1) is 5.69 Å². The van der Waals surface area contributed by atoms with Crippen molar-refractivity contribution in [2.75, 3.05) is 13.1 Å². The molecule has 0 unspecified atom stereocenters. The molecule has 31 heavy (non-hydrogen) atoms. The van der Waals surface area contributed by atoms with Crippen LogP contribution in [0.4, 0.5) is 0 Å². The van der Waals surface area contributed by atoms with Gasteiger partial charge in [-0.3, -0.25) is 14.4 Å². The molecule has 1 amide bonds. The van der Waals surface area contributed by atoms with E-state index in [-0.39, 0.29) is 5.91 Å². The second-order valence-corrected chi connectivity index (χ2v) is 8.74. The van der Waals surface area contributed by atoms with Crippen molar-refractivity contribution in [1.82, 2.24) is 25.0 Å². The van der Waals surface area contributed by atoms with E-state index in [9.17, 15) is 4.79 Å². The zero-order valence-corrected chi connectivity index (χ0v) is 19.2. The second kappa shape index (κ2) is 9.18. The number of carbonyl (C=O) groups is 1. The number of likely N-dealkylation sites (tertiary alicyclic amines) is 1. The highest BCUT2D eigenvalue weighted by Gasteiger charge is 2.17. The van der Waals surface area contributed by atoms with E-state index in [1.54, 1.807) is 0 Å². The van der Waals surface area contributed by atoms with Gasteiger partial charge in [0.2, 0.25) is 5.91 Å². The first kappa shape index (κ1) is 21.5. The van der Waals surface area contributed by atoms with E-state index in [4.69, 9.17) is 4.98 Å². The number of benzene rings is 1. The van der Waals surface area contributed by atoms with Crippen LogP contribution >= 0.6 is 0 Å². The number of aromatic nitrogens is 3. The Morgan fingerprint density at radius 1 is 1.06 bits per heavy atom. The number of rotatable bonds is 7. The molecule has 6 nitrogen and oxygen atoms in total. The average Bonchev–Trinajstić information content (AvgIpc) is 3.34. The van der Waals surface area contributed by atoms with Crippen molar-refractivity contribution in [3.8, 4) is 0 Å². The van der Waals surface area contributed by atoms with Crippen LogP contribution in [0.5, 0.6) is 0 Å². The van der Waals surface area contributed by atoms with Gasteiger partial charge in [-0.05, 0) is 75.4 Å². The maximum absolute atomic E-state index is 12.6. The highest BCUT2D eigenvalue weighted by atomic mass is 16.1. The Hall–Kier alpha value is -2.73. The van der Waals surface area contributed by atoms with Crippen LogP contribution in [0, 0.1) is 20.8 Å². The van der Waals surface area contributed by atoms with E-state index < -0.39 is 0 Å². The maximum atomic E-state index is 12.6. The summed E-state index contributed by atoms with van der Waals surface area (Å²) in [7, 11) is 1.93. The van der Waals surface area contributed by atoms with E-state index in [1.807, 2.05) is 25.6 Å². The molecule has 164 valence electrons. The molecular weight excluding hydrogens is 386 g/mol. The predicted molar refractivity (Wildman–Crippen MR) is 124 cm³/mol. The highest BCUT2D eigenvalue weighted by molar-refractivity contribution is 5.84. The molecule has 1 aliphatic heterocycles. The topological polar surface area (TPSA) is 63.1 Å². The van der Waals surface area contributed by atoms with Gasteiger partial charge in [0, 0.05) is 37.6 Å². The predicted octanol–water partition coefficient (Wildman–Crippen LogP) is 3.74. The van der Waals surface area contributed by atoms with Crippen LogP contribution in [-0.4, -0.2) is 38.7 Å². The van der Waals surface area contributed by atoms with Gasteiger partial charge in [0.15, 0.2) is 5.65 Å². The molecular formula is C25H33N5O. The van der Waals surface area contributed by atoms with Crippen LogP contribution in [0.15, 0.2) is 24.3 Å². The zero-order valence-electron chi connectivity index (χ0n) is 19.2. The number of pyridine rings is 1. The van der Waals surface area contributed by atoms with Crippen molar-refractivity contribution in [3.05, 3.63) is 57.9 Å². The van der Waals surface area contributed by atoms with Gasteiger partial charge in [0.25, 0.3) is 0 Å². The molecule has 6 heteroatoms. The normalized spacial score (nSPS) is 14.5. The molecule has 1 aliphatic rings. The number of carbonyl (C=O) groups excluding carboxylic acids is 1. The van der Waals surface area contributed by atoms with Crippen molar-refractivity contribution < 1.29 is 4.79 Å². The minimum Gasteiger partial charge on any atom is -0.352 e. The third kappa shape index (κ3) is 4.64. The second-order valence-electron chi connectivity index (χ2n) is 8.74. The Labute approximate surface area is 184 Å². The molecule has 3 heterocycles. The number of aryl methyl sites for hydroxylation is 4. The highest BCUT2D eigenvalue weighted by Crippen LogP contribution is 2.26. The summed E-state index contributed by atoms with van der Waals surface area (Å²) < 4.78 is 1.83. The standard InChI is InChI=1S/C25H33N5O/c1-17-22(18(2)27-25-24(17)19(3)28-29(25)4)11-12-23(31)26-15-20-9-5-6-10-21(20)16-30-13-7-8-14-30/h5-6,9-10H,7-8,11-16H2,1-4H3,(H,26,31). The number of nitrogens with one attached hydrogen (secondary N) is 1. The van der Waals surface area contributed by atoms with Gasteiger partial charge >= 0.3 is 0 Å². The van der Waals surface area contributed by atoms with Crippen LogP contribution in [0.2, 0.25) is 0 Å². The fraction of sp³-hybridized carbons (Fsp3) is 0.480. The van der Waals surface area contributed by atoms with E-state index >= 15 is 0 Å². The Bertz CT molecular complexity index is 1090. The molecule has 4 rings (SSSR count). The minimum absolute atomic E-state index is 0.0813. The van der Waals surface area contributed by atoms with Crippen LogP contribution in [0.3, 0.4) is 0 Å². The van der Waals surface area contributed by atoms with Crippen molar-refractivity contribution >= 4 is 16.9 Å². The van der Waals surface area contributed by atoms with Gasteiger partial charge in [-0.2, -0.15) is 5.10 Å². The lowest BCUT2D eigenvalue weighted by Gasteiger charge is -2.18. The van der Waals surface area contributed by atoms with Gasteiger partial charge in [-0.15, -0.1) is 0 Å². The van der Waals surface area contributed by atoms with Crippen molar-refractivity contribution in [1.29, 1.82) is 0 Å². The van der Waals surface area contributed by atoms with Crippen LogP contribution in [0.1, 0.15) is 52.9 Å². The number of hydrogen-bond donors (Lipinski definition) is 1. The lowest BCUT2D eigenvalue weighted by molar-refractivity contribution is -0.121. The zero-order chi connectivity index (χ0) is 22.0. The Morgan fingerprint density at radius 2 is 1.77 bits per heavy atom. The summed E-state index contributed by atoms with van der Waals surface area (Å²) in [5, 5.41) is 8.75. The fourth-order valence-corrected chi connectivity index (χ4v) is 4.82. The van der Waals surface area contributed by atoms with Crippen molar-refractivity contribution in [3.63, 3.8) is 0 Å². The van der Waals surface area contributed by atoms with Gasteiger partial charge in [-0.1, -0.05) is 24.3 Å². The summed E-state index contributed by atoms with van der Waals surface area (Å²) in [6.07, 6.45) is 3.73. The Kier molecular flexibility index (Phi) is 6.37. The molecule has 1 N–H and O–H groups in total. The number of fused-ring (bicyclic) bond motifs is 1. The molecule has 1 fully saturated rings. The van der Waals surface area contributed by atoms with Crippen LogP contribution < -0.4 is 5.32 Å². The summed E-state index contributed by atoms with van der Waals surface area (Å²) in [5.74, 6) is 0.0813. The largest absolute Gasteiger partial charge is 0.352 e. The maximum Gasteiger partial charge on any atom is 0.220 e. The molecule has 0 aliphatic carbocycles. The van der Waals surface area contributed by atoms with E-state index in [1.165, 1.54) is 42.6 Å². The summed E-state index contributed by atoms with van der Waals surface area (Å²) in [6.45, 7) is 10.1. The SMILES string of the molecule is Cc1nc2c(c(C)nn2C)c(C)c1CCC(=O)NCc1ccccc1CN1CCCC1.